The molecule has 0 bridgehead atoms. The number of amides is 1. The summed E-state index contributed by atoms with van der Waals surface area (Å²) in [7, 11) is 0. The fourth-order valence-corrected chi connectivity index (χ4v) is 4.14. The van der Waals surface area contributed by atoms with Crippen molar-refractivity contribution in [1.82, 2.24) is 19.7 Å². The van der Waals surface area contributed by atoms with Gasteiger partial charge in [0.2, 0.25) is 11.1 Å². The number of nitrogens with one attached hydrogen (secondary N) is 2. The topological polar surface area (TPSA) is 99.4 Å². The van der Waals surface area contributed by atoms with Gasteiger partial charge in [0.15, 0.2) is 5.82 Å². The SMILES string of the molecule is Cc1ccc(-c2nc(SCC(=O)Nc3c(C#N)c(C)c(C)n3Cc3ccccc3)n[nH]2)cc1. The highest BCUT2D eigenvalue weighted by atomic mass is 32.2. The van der Waals surface area contributed by atoms with Crippen molar-refractivity contribution in [2.75, 3.05) is 11.1 Å². The third-order valence-electron chi connectivity index (χ3n) is 5.50. The average molecular weight is 457 g/mol. The number of anilines is 1. The van der Waals surface area contributed by atoms with Gasteiger partial charge >= 0.3 is 0 Å². The largest absolute Gasteiger partial charge is 0.326 e. The quantitative estimate of drug-likeness (QED) is 0.387. The minimum Gasteiger partial charge on any atom is -0.326 e. The Bertz CT molecular complexity index is 1320. The van der Waals surface area contributed by atoms with Gasteiger partial charge in [-0.2, -0.15) is 5.26 Å². The molecule has 0 saturated carbocycles. The fraction of sp³-hybridized carbons (Fsp3) is 0.200. The minimum absolute atomic E-state index is 0.130. The molecule has 7 nitrogen and oxygen atoms in total. The molecular formula is C25H24N6OS. The lowest BCUT2D eigenvalue weighted by molar-refractivity contribution is -0.113. The molecule has 0 atom stereocenters. The highest BCUT2D eigenvalue weighted by molar-refractivity contribution is 7.99. The highest BCUT2D eigenvalue weighted by Gasteiger charge is 2.20. The van der Waals surface area contributed by atoms with Gasteiger partial charge in [0, 0.05) is 17.8 Å². The van der Waals surface area contributed by atoms with Crippen molar-refractivity contribution >= 4 is 23.5 Å². The molecule has 0 aliphatic rings. The van der Waals surface area contributed by atoms with Crippen LogP contribution < -0.4 is 5.32 Å². The Morgan fingerprint density at radius 3 is 2.55 bits per heavy atom. The molecule has 0 aliphatic heterocycles. The first-order valence-corrected chi connectivity index (χ1v) is 11.5. The van der Waals surface area contributed by atoms with Crippen LogP contribution in [-0.4, -0.2) is 31.4 Å². The Balaban J connectivity index is 1.47. The summed E-state index contributed by atoms with van der Waals surface area (Å²) in [6, 6.07) is 20.2. The number of nitrogens with zero attached hydrogens (tertiary/aromatic N) is 4. The number of aromatic nitrogens is 4. The summed E-state index contributed by atoms with van der Waals surface area (Å²) in [5.74, 6) is 1.10. The lowest BCUT2D eigenvalue weighted by Crippen LogP contribution is -2.18. The van der Waals surface area contributed by atoms with Crippen LogP contribution in [0.1, 0.15) is 27.9 Å². The average Bonchev–Trinajstić information content (AvgIpc) is 3.38. The van der Waals surface area contributed by atoms with Crippen molar-refractivity contribution in [3.05, 3.63) is 82.5 Å². The summed E-state index contributed by atoms with van der Waals surface area (Å²) < 4.78 is 1.98. The number of aryl methyl sites for hydroxylation is 1. The molecule has 0 spiro atoms. The first-order chi connectivity index (χ1) is 16.0. The van der Waals surface area contributed by atoms with Crippen molar-refractivity contribution < 1.29 is 4.79 Å². The number of carbonyl (C=O) groups is 1. The zero-order valence-corrected chi connectivity index (χ0v) is 19.5. The lowest BCUT2D eigenvalue weighted by atomic mass is 10.1. The van der Waals surface area contributed by atoms with Crippen LogP contribution in [0.3, 0.4) is 0 Å². The summed E-state index contributed by atoms with van der Waals surface area (Å²) in [5.41, 5.74) is 5.51. The van der Waals surface area contributed by atoms with Gasteiger partial charge in [-0.15, -0.1) is 5.10 Å². The maximum Gasteiger partial charge on any atom is 0.235 e. The minimum atomic E-state index is -0.218. The second-order valence-corrected chi connectivity index (χ2v) is 8.73. The van der Waals surface area contributed by atoms with E-state index in [9.17, 15) is 10.1 Å². The predicted octanol–water partition coefficient (Wildman–Crippen LogP) is 4.85. The van der Waals surface area contributed by atoms with Crippen LogP contribution in [0.5, 0.6) is 0 Å². The van der Waals surface area contributed by atoms with Crippen LogP contribution in [-0.2, 0) is 11.3 Å². The molecule has 0 fully saturated rings. The van der Waals surface area contributed by atoms with Gasteiger partial charge in [0.1, 0.15) is 11.9 Å². The molecule has 2 aromatic carbocycles. The standard InChI is InChI=1S/C25H24N6OS/c1-16-9-11-20(12-10-16)23-28-25(30-29-23)33-15-22(32)27-24-21(13-26)17(2)18(3)31(24)14-19-7-5-4-6-8-19/h4-12H,14-15H2,1-3H3,(H,27,32)(H,28,29,30). The van der Waals surface area contributed by atoms with Crippen LogP contribution in [0.4, 0.5) is 5.82 Å². The van der Waals surface area contributed by atoms with E-state index in [1.165, 1.54) is 17.3 Å². The summed E-state index contributed by atoms with van der Waals surface area (Å²) >= 11 is 1.24. The van der Waals surface area contributed by atoms with Gasteiger partial charge < -0.3 is 9.88 Å². The zero-order valence-electron chi connectivity index (χ0n) is 18.7. The first kappa shape index (κ1) is 22.4. The Hall–Kier alpha value is -3.83. The summed E-state index contributed by atoms with van der Waals surface area (Å²) in [6.07, 6.45) is 0. The van der Waals surface area contributed by atoms with Gasteiger partial charge in [0.25, 0.3) is 0 Å². The predicted molar refractivity (Wildman–Crippen MR) is 130 cm³/mol. The van der Waals surface area contributed by atoms with E-state index in [1.54, 1.807) is 0 Å². The summed E-state index contributed by atoms with van der Waals surface area (Å²) in [5, 5.41) is 20.3. The number of H-pyrrole nitrogens is 1. The van der Waals surface area contributed by atoms with E-state index in [0.29, 0.717) is 28.9 Å². The van der Waals surface area contributed by atoms with Crippen molar-refractivity contribution in [3.63, 3.8) is 0 Å². The van der Waals surface area contributed by atoms with E-state index in [0.717, 1.165) is 22.4 Å². The van der Waals surface area contributed by atoms with E-state index in [4.69, 9.17) is 0 Å². The number of carbonyl (C=O) groups excluding carboxylic acids is 1. The monoisotopic (exact) mass is 456 g/mol. The molecule has 2 N–H and O–H groups in total. The van der Waals surface area contributed by atoms with Gasteiger partial charge in [0.05, 0.1) is 11.3 Å². The molecule has 2 heterocycles. The lowest BCUT2D eigenvalue weighted by Gasteiger charge is -2.13. The molecule has 8 heteroatoms. The van der Waals surface area contributed by atoms with Crippen LogP contribution in [0, 0.1) is 32.1 Å². The number of thioether (sulfide) groups is 1. The zero-order chi connectivity index (χ0) is 23.4. The van der Waals surface area contributed by atoms with E-state index in [1.807, 2.05) is 79.9 Å². The molecule has 4 rings (SSSR count). The molecular weight excluding hydrogens is 432 g/mol. The summed E-state index contributed by atoms with van der Waals surface area (Å²) in [6.45, 7) is 6.46. The van der Waals surface area contributed by atoms with Crippen molar-refractivity contribution in [2.45, 2.75) is 32.5 Å². The van der Waals surface area contributed by atoms with Crippen molar-refractivity contribution in [3.8, 4) is 17.5 Å². The molecule has 166 valence electrons. The Kier molecular flexibility index (Phi) is 6.61. The smallest absolute Gasteiger partial charge is 0.235 e. The van der Waals surface area contributed by atoms with Crippen molar-refractivity contribution in [2.24, 2.45) is 0 Å². The Labute approximate surface area is 196 Å². The van der Waals surface area contributed by atoms with Crippen molar-refractivity contribution in [1.29, 1.82) is 5.26 Å². The Morgan fingerprint density at radius 1 is 1.12 bits per heavy atom. The molecule has 0 saturated heterocycles. The molecule has 1 amide bonds. The molecule has 0 radical (unpaired) electrons. The summed E-state index contributed by atoms with van der Waals surface area (Å²) in [4.78, 5) is 17.2. The van der Waals surface area contributed by atoms with Gasteiger partial charge in [-0.1, -0.05) is 71.9 Å². The second-order valence-electron chi connectivity index (χ2n) is 7.79. The van der Waals surface area contributed by atoms with Gasteiger partial charge in [-0.05, 0) is 31.9 Å². The second kappa shape index (κ2) is 9.76. The van der Waals surface area contributed by atoms with E-state index >= 15 is 0 Å². The van der Waals surface area contributed by atoms with E-state index in [-0.39, 0.29) is 11.7 Å². The molecule has 33 heavy (non-hydrogen) atoms. The number of nitriles is 1. The molecule has 4 aromatic rings. The van der Waals surface area contributed by atoms with Crippen LogP contribution in [0.25, 0.3) is 11.4 Å². The molecule has 2 aromatic heterocycles. The Morgan fingerprint density at radius 2 is 1.85 bits per heavy atom. The van der Waals surface area contributed by atoms with E-state index < -0.39 is 0 Å². The molecule has 0 aliphatic carbocycles. The number of aromatic amines is 1. The maximum atomic E-state index is 12.8. The van der Waals surface area contributed by atoms with Gasteiger partial charge in [-0.25, -0.2) is 4.98 Å². The van der Waals surface area contributed by atoms with E-state index in [2.05, 4.69) is 26.6 Å². The number of benzene rings is 2. The van der Waals surface area contributed by atoms with Crippen LogP contribution in [0.15, 0.2) is 59.8 Å². The van der Waals surface area contributed by atoms with Gasteiger partial charge in [-0.3, -0.25) is 9.89 Å². The first-order valence-electron chi connectivity index (χ1n) is 10.5. The van der Waals surface area contributed by atoms with Crippen LogP contribution >= 0.6 is 11.8 Å². The fourth-order valence-electron chi connectivity index (χ4n) is 3.54. The normalized spacial score (nSPS) is 10.7. The third kappa shape index (κ3) is 4.99. The number of hydrogen-bond donors (Lipinski definition) is 2. The maximum absolute atomic E-state index is 12.8. The number of hydrogen-bond acceptors (Lipinski definition) is 5. The van der Waals surface area contributed by atoms with Crippen LogP contribution in [0.2, 0.25) is 0 Å². The third-order valence-corrected chi connectivity index (χ3v) is 6.35. The molecule has 0 unspecified atom stereocenters. The highest BCUT2D eigenvalue weighted by Crippen LogP contribution is 2.28. The number of rotatable bonds is 7.